The lowest BCUT2D eigenvalue weighted by Gasteiger charge is -2.04. The largest absolute Gasteiger partial charge is 0.465 e. The average molecular weight is 239 g/mol. The Kier molecular flexibility index (Phi) is 3.36. The molecule has 0 aliphatic heterocycles. The van der Waals surface area contributed by atoms with Gasteiger partial charge in [-0.15, -0.1) is 0 Å². The number of halogens is 1. The molecule has 0 aliphatic carbocycles. The van der Waals surface area contributed by atoms with Crippen molar-refractivity contribution >= 4 is 11.6 Å². The lowest BCUT2D eigenvalue weighted by atomic mass is 10.4. The van der Waals surface area contributed by atoms with Crippen LogP contribution >= 0.6 is 11.6 Å². The summed E-state index contributed by atoms with van der Waals surface area (Å²) in [7, 11) is 1.99. The zero-order chi connectivity index (χ0) is 11.5. The van der Waals surface area contributed by atoms with Gasteiger partial charge in [-0.2, -0.15) is 0 Å². The quantitative estimate of drug-likeness (QED) is 0.888. The van der Waals surface area contributed by atoms with Crippen molar-refractivity contribution in [1.82, 2.24) is 9.88 Å². The molecule has 2 rings (SSSR count). The van der Waals surface area contributed by atoms with Gasteiger partial charge < -0.3 is 14.3 Å². The molecule has 0 unspecified atom stereocenters. The molecule has 0 saturated heterocycles. The average Bonchev–Trinajstić information content (AvgIpc) is 2.74. The van der Waals surface area contributed by atoms with E-state index in [4.69, 9.17) is 16.0 Å². The van der Waals surface area contributed by atoms with E-state index in [9.17, 15) is 0 Å². The molecule has 0 aromatic carbocycles. The van der Waals surface area contributed by atoms with Crippen LogP contribution in [0.2, 0.25) is 5.02 Å². The van der Waals surface area contributed by atoms with Crippen LogP contribution in [0.3, 0.4) is 0 Å². The predicted molar refractivity (Wildman–Crippen MR) is 64.4 cm³/mol. The normalized spacial score (nSPS) is 10.9. The second kappa shape index (κ2) is 4.76. The highest BCUT2D eigenvalue weighted by Gasteiger charge is 2.02. The fraction of sp³-hybridized carbons (Fsp3) is 0.333. The van der Waals surface area contributed by atoms with Gasteiger partial charge in [0.15, 0.2) is 0 Å². The van der Waals surface area contributed by atoms with Crippen molar-refractivity contribution in [3.8, 4) is 0 Å². The minimum atomic E-state index is 0.733. The number of nitrogens with one attached hydrogen (secondary N) is 1. The van der Waals surface area contributed by atoms with Crippen molar-refractivity contribution in [1.29, 1.82) is 0 Å². The van der Waals surface area contributed by atoms with Crippen molar-refractivity contribution in [2.45, 2.75) is 20.0 Å². The Labute approximate surface area is 100 Å². The number of aromatic nitrogens is 1. The first kappa shape index (κ1) is 11.3. The van der Waals surface area contributed by atoms with Crippen LogP contribution in [0.4, 0.5) is 0 Å². The molecule has 0 bridgehead atoms. The van der Waals surface area contributed by atoms with E-state index in [2.05, 4.69) is 5.32 Å². The highest BCUT2D eigenvalue weighted by atomic mass is 35.5. The summed E-state index contributed by atoms with van der Waals surface area (Å²) in [6, 6.07) is 5.92. The fourth-order valence-corrected chi connectivity index (χ4v) is 1.91. The van der Waals surface area contributed by atoms with Gasteiger partial charge in [-0.05, 0) is 25.1 Å². The third-order valence-electron chi connectivity index (χ3n) is 2.48. The van der Waals surface area contributed by atoms with E-state index >= 15 is 0 Å². The zero-order valence-corrected chi connectivity index (χ0v) is 10.2. The van der Waals surface area contributed by atoms with Gasteiger partial charge in [0.05, 0.1) is 11.6 Å². The van der Waals surface area contributed by atoms with Crippen LogP contribution in [0.25, 0.3) is 0 Å². The predicted octanol–water partition coefficient (Wildman–Crippen LogP) is 2.87. The highest BCUT2D eigenvalue weighted by molar-refractivity contribution is 6.30. The van der Waals surface area contributed by atoms with E-state index in [1.54, 1.807) is 0 Å². The van der Waals surface area contributed by atoms with Gasteiger partial charge in [0.1, 0.15) is 11.5 Å². The second-order valence-electron chi connectivity index (χ2n) is 3.88. The maximum Gasteiger partial charge on any atom is 0.117 e. The minimum absolute atomic E-state index is 0.733. The molecule has 1 N–H and O–H groups in total. The van der Waals surface area contributed by atoms with Gasteiger partial charge in [0.25, 0.3) is 0 Å². The Hall–Kier alpha value is -1.19. The Morgan fingerprint density at radius 2 is 2.19 bits per heavy atom. The monoisotopic (exact) mass is 238 g/mol. The number of hydrogen-bond acceptors (Lipinski definition) is 2. The summed E-state index contributed by atoms with van der Waals surface area (Å²) in [5, 5.41) is 4.08. The lowest BCUT2D eigenvalue weighted by Crippen LogP contribution is -2.14. The van der Waals surface area contributed by atoms with Crippen LogP contribution in [0.15, 0.2) is 28.8 Å². The topological polar surface area (TPSA) is 30.1 Å². The van der Waals surface area contributed by atoms with Crippen LogP contribution in [-0.2, 0) is 20.1 Å². The lowest BCUT2D eigenvalue weighted by molar-refractivity contribution is 0.459. The first-order valence-electron chi connectivity index (χ1n) is 5.22. The summed E-state index contributed by atoms with van der Waals surface area (Å²) in [5.41, 5.74) is 1.16. The van der Waals surface area contributed by atoms with Crippen molar-refractivity contribution in [3.05, 3.63) is 46.6 Å². The second-order valence-corrected chi connectivity index (χ2v) is 4.31. The van der Waals surface area contributed by atoms with E-state index in [0.29, 0.717) is 0 Å². The number of nitrogens with zero attached hydrogens (tertiary/aromatic N) is 1. The molecule has 16 heavy (non-hydrogen) atoms. The molecular weight excluding hydrogens is 224 g/mol. The van der Waals surface area contributed by atoms with Gasteiger partial charge >= 0.3 is 0 Å². The number of aryl methyl sites for hydroxylation is 2. The molecule has 0 amide bonds. The molecule has 2 aromatic rings. The van der Waals surface area contributed by atoms with Gasteiger partial charge in [0.2, 0.25) is 0 Å². The molecule has 0 saturated carbocycles. The van der Waals surface area contributed by atoms with Gasteiger partial charge in [0, 0.05) is 25.5 Å². The molecule has 0 fully saturated rings. The maximum absolute atomic E-state index is 5.90. The molecule has 4 heteroatoms. The van der Waals surface area contributed by atoms with Crippen molar-refractivity contribution in [3.63, 3.8) is 0 Å². The standard InChI is InChI=1S/C12H15ClN2O/c1-9-3-4-12(16-9)7-14-6-11-5-10(13)8-15(11)2/h3-5,8,14H,6-7H2,1-2H3. The number of hydrogen-bond donors (Lipinski definition) is 1. The first-order chi connectivity index (χ1) is 7.65. The molecule has 0 spiro atoms. The molecule has 3 nitrogen and oxygen atoms in total. The molecule has 0 radical (unpaired) electrons. The number of rotatable bonds is 4. The van der Waals surface area contributed by atoms with Gasteiger partial charge in [-0.1, -0.05) is 11.6 Å². The summed E-state index contributed by atoms with van der Waals surface area (Å²) in [4.78, 5) is 0. The minimum Gasteiger partial charge on any atom is -0.465 e. The Morgan fingerprint density at radius 1 is 1.38 bits per heavy atom. The summed E-state index contributed by atoms with van der Waals surface area (Å²) in [5.74, 6) is 1.90. The van der Waals surface area contributed by atoms with E-state index in [-0.39, 0.29) is 0 Å². The third kappa shape index (κ3) is 2.68. The molecule has 2 aromatic heterocycles. The van der Waals surface area contributed by atoms with Crippen LogP contribution in [0.1, 0.15) is 17.2 Å². The van der Waals surface area contributed by atoms with Crippen molar-refractivity contribution in [2.24, 2.45) is 7.05 Å². The van der Waals surface area contributed by atoms with Crippen molar-refractivity contribution in [2.75, 3.05) is 0 Å². The van der Waals surface area contributed by atoms with Crippen LogP contribution < -0.4 is 5.32 Å². The number of furan rings is 1. The molecular formula is C12H15ClN2O. The molecule has 0 aliphatic rings. The van der Waals surface area contributed by atoms with Crippen LogP contribution in [0.5, 0.6) is 0 Å². The summed E-state index contributed by atoms with van der Waals surface area (Å²) < 4.78 is 7.48. The first-order valence-corrected chi connectivity index (χ1v) is 5.60. The van der Waals surface area contributed by atoms with E-state index in [1.807, 2.05) is 42.9 Å². The van der Waals surface area contributed by atoms with E-state index in [1.165, 1.54) is 0 Å². The molecule has 2 heterocycles. The third-order valence-corrected chi connectivity index (χ3v) is 2.68. The maximum atomic E-state index is 5.90. The summed E-state index contributed by atoms with van der Waals surface area (Å²) in [6.07, 6.45) is 1.90. The van der Waals surface area contributed by atoms with Crippen LogP contribution in [0, 0.1) is 6.92 Å². The van der Waals surface area contributed by atoms with E-state index in [0.717, 1.165) is 35.3 Å². The van der Waals surface area contributed by atoms with Gasteiger partial charge in [-0.3, -0.25) is 0 Å². The Bertz CT molecular complexity index is 473. The highest BCUT2D eigenvalue weighted by Crippen LogP contribution is 2.12. The Morgan fingerprint density at radius 3 is 2.75 bits per heavy atom. The SMILES string of the molecule is Cc1ccc(CNCc2cc(Cl)cn2C)o1. The summed E-state index contributed by atoms with van der Waals surface area (Å²) in [6.45, 7) is 3.46. The van der Waals surface area contributed by atoms with Crippen molar-refractivity contribution < 1.29 is 4.42 Å². The smallest absolute Gasteiger partial charge is 0.117 e. The van der Waals surface area contributed by atoms with Gasteiger partial charge in [-0.25, -0.2) is 0 Å². The van der Waals surface area contributed by atoms with Crippen LogP contribution in [-0.4, -0.2) is 4.57 Å². The molecule has 0 atom stereocenters. The summed E-state index contributed by atoms with van der Waals surface area (Å²) >= 11 is 5.90. The van der Waals surface area contributed by atoms with E-state index < -0.39 is 0 Å². The fourth-order valence-electron chi connectivity index (χ4n) is 1.64. The zero-order valence-electron chi connectivity index (χ0n) is 9.46. The molecule has 86 valence electrons. The Balaban J connectivity index is 1.86.